The third-order valence-electron chi connectivity index (χ3n) is 3.86. The number of para-hydroxylation sites is 2. The first-order chi connectivity index (χ1) is 9.61. The summed E-state index contributed by atoms with van der Waals surface area (Å²) in [6, 6.07) is 8.14. The molecule has 1 aromatic rings. The summed E-state index contributed by atoms with van der Waals surface area (Å²) in [4.78, 5) is 4.73. The number of amidine groups is 1. The summed E-state index contributed by atoms with van der Waals surface area (Å²) in [5.41, 5.74) is 6.70. The Bertz CT molecular complexity index is 455. The van der Waals surface area contributed by atoms with Gasteiger partial charge < -0.3 is 15.4 Å². The third kappa shape index (κ3) is 3.42. The monoisotopic (exact) mass is 276 g/mol. The van der Waals surface area contributed by atoms with Gasteiger partial charge >= 0.3 is 0 Å². The van der Waals surface area contributed by atoms with Crippen LogP contribution >= 0.6 is 0 Å². The first kappa shape index (κ1) is 14.7. The maximum Gasteiger partial charge on any atom is 0.142 e. The Hall–Kier alpha value is -1.75. The van der Waals surface area contributed by atoms with Crippen LogP contribution < -0.4 is 15.4 Å². The van der Waals surface area contributed by atoms with Crippen molar-refractivity contribution in [1.29, 1.82) is 5.41 Å². The molecule has 0 radical (unpaired) electrons. The highest BCUT2D eigenvalue weighted by Gasteiger charge is 2.21. The zero-order valence-electron chi connectivity index (χ0n) is 12.3. The van der Waals surface area contributed by atoms with Crippen molar-refractivity contribution >= 4 is 11.5 Å². The molecule has 1 atom stereocenters. The second kappa shape index (κ2) is 6.61. The quantitative estimate of drug-likeness (QED) is 0.630. The number of piperazine rings is 1. The first-order valence-electron chi connectivity index (χ1n) is 7.06. The van der Waals surface area contributed by atoms with Gasteiger partial charge in [-0.15, -0.1) is 0 Å². The molecular weight excluding hydrogens is 252 g/mol. The molecule has 0 bridgehead atoms. The normalized spacial score (nSPS) is 17.8. The molecule has 3 N–H and O–H groups in total. The molecule has 1 aliphatic heterocycles. The molecule has 1 fully saturated rings. The first-order valence-corrected chi connectivity index (χ1v) is 7.06. The Balaban J connectivity index is 1.92. The highest BCUT2D eigenvalue weighted by molar-refractivity contribution is 5.79. The van der Waals surface area contributed by atoms with E-state index in [9.17, 15) is 0 Å². The van der Waals surface area contributed by atoms with Gasteiger partial charge in [0.1, 0.15) is 5.75 Å². The largest absolute Gasteiger partial charge is 0.495 e. The fourth-order valence-electron chi connectivity index (χ4n) is 2.55. The summed E-state index contributed by atoms with van der Waals surface area (Å²) in [5, 5.41) is 7.47. The molecular formula is C15H24N4O. The standard InChI is InChI=1S/C15H24N4O/c1-12(15(16)17)11-18-7-9-19(10-8-18)13-5-3-4-6-14(13)20-2/h3-6,12H,7-11H2,1-2H3,(H3,16,17). The Labute approximate surface area is 120 Å². The van der Waals surface area contributed by atoms with Crippen LogP contribution in [0.15, 0.2) is 24.3 Å². The van der Waals surface area contributed by atoms with Crippen LogP contribution in [-0.2, 0) is 0 Å². The van der Waals surface area contributed by atoms with Crippen LogP contribution in [0.4, 0.5) is 5.69 Å². The average molecular weight is 276 g/mol. The van der Waals surface area contributed by atoms with Gasteiger partial charge in [-0.1, -0.05) is 19.1 Å². The molecule has 0 spiro atoms. The van der Waals surface area contributed by atoms with Crippen molar-refractivity contribution < 1.29 is 4.74 Å². The van der Waals surface area contributed by atoms with Crippen LogP contribution in [0, 0.1) is 11.3 Å². The van der Waals surface area contributed by atoms with Gasteiger partial charge in [-0.25, -0.2) is 0 Å². The lowest BCUT2D eigenvalue weighted by Crippen LogP contribution is -2.48. The van der Waals surface area contributed by atoms with Gasteiger partial charge in [-0.3, -0.25) is 10.3 Å². The Morgan fingerprint density at radius 2 is 1.95 bits per heavy atom. The van der Waals surface area contributed by atoms with Gasteiger partial charge in [0.15, 0.2) is 0 Å². The van der Waals surface area contributed by atoms with Gasteiger partial charge in [-0.2, -0.15) is 0 Å². The summed E-state index contributed by atoms with van der Waals surface area (Å²) < 4.78 is 5.42. The maximum absolute atomic E-state index is 7.47. The fraction of sp³-hybridized carbons (Fsp3) is 0.533. The Morgan fingerprint density at radius 3 is 2.55 bits per heavy atom. The van der Waals surface area contributed by atoms with Crippen molar-refractivity contribution in [2.45, 2.75) is 6.92 Å². The summed E-state index contributed by atoms with van der Waals surface area (Å²) in [6.45, 7) is 6.82. The predicted molar refractivity (Wildman–Crippen MR) is 82.7 cm³/mol. The molecule has 2 rings (SSSR count). The lowest BCUT2D eigenvalue weighted by atomic mass is 10.1. The second-order valence-corrected chi connectivity index (χ2v) is 5.32. The summed E-state index contributed by atoms with van der Waals surface area (Å²) in [6.07, 6.45) is 0. The minimum absolute atomic E-state index is 0.132. The Kier molecular flexibility index (Phi) is 4.84. The number of hydrogen-bond donors (Lipinski definition) is 2. The van der Waals surface area contributed by atoms with Crippen molar-refractivity contribution in [3.05, 3.63) is 24.3 Å². The molecule has 1 saturated heterocycles. The van der Waals surface area contributed by atoms with Crippen molar-refractivity contribution in [2.24, 2.45) is 11.7 Å². The van der Waals surface area contributed by atoms with Gasteiger partial charge in [0.25, 0.3) is 0 Å². The van der Waals surface area contributed by atoms with Crippen molar-refractivity contribution in [2.75, 3.05) is 44.7 Å². The van der Waals surface area contributed by atoms with Crippen LogP contribution in [0.25, 0.3) is 0 Å². The number of nitrogens with one attached hydrogen (secondary N) is 1. The molecule has 110 valence electrons. The molecule has 1 unspecified atom stereocenters. The number of anilines is 1. The number of rotatable bonds is 5. The van der Waals surface area contributed by atoms with Crippen LogP contribution in [0.1, 0.15) is 6.92 Å². The van der Waals surface area contributed by atoms with Crippen LogP contribution in [-0.4, -0.2) is 50.6 Å². The van der Waals surface area contributed by atoms with Gasteiger partial charge in [0, 0.05) is 38.6 Å². The summed E-state index contributed by atoms with van der Waals surface area (Å²) in [7, 11) is 1.71. The van der Waals surface area contributed by atoms with Crippen molar-refractivity contribution in [3.8, 4) is 5.75 Å². The lowest BCUT2D eigenvalue weighted by Gasteiger charge is -2.37. The van der Waals surface area contributed by atoms with Crippen LogP contribution in [0.2, 0.25) is 0 Å². The van der Waals surface area contributed by atoms with E-state index in [1.54, 1.807) is 7.11 Å². The fourth-order valence-corrected chi connectivity index (χ4v) is 2.55. The predicted octanol–water partition coefficient (Wildman–Crippen LogP) is 1.39. The van der Waals surface area contributed by atoms with E-state index in [4.69, 9.17) is 15.9 Å². The molecule has 0 aliphatic carbocycles. The summed E-state index contributed by atoms with van der Waals surface area (Å²) in [5.74, 6) is 1.34. The van der Waals surface area contributed by atoms with Crippen molar-refractivity contribution in [3.63, 3.8) is 0 Å². The highest BCUT2D eigenvalue weighted by atomic mass is 16.5. The molecule has 20 heavy (non-hydrogen) atoms. The zero-order chi connectivity index (χ0) is 14.5. The van der Waals surface area contributed by atoms with E-state index < -0.39 is 0 Å². The molecule has 1 aliphatic rings. The SMILES string of the molecule is COc1ccccc1N1CCN(CC(C)C(=N)N)CC1. The average Bonchev–Trinajstić information content (AvgIpc) is 2.48. The van der Waals surface area contributed by atoms with E-state index in [-0.39, 0.29) is 11.8 Å². The van der Waals surface area contributed by atoms with Crippen LogP contribution in [0.3, 0.4) is 0 Å². The molecule has 1 aromatic carbocycles. The molecule has 5 nitrogen and oxygen atoms in total. The van der Waals surface area contributed by atoms with E-state index in [2.05, 4.69) is 15.9 Å². The molecule has 0 aromatic heterocycles. The number of ether oxygens (including phenoxy) is 1. The van der Waals surface area contributed by atoms with E-state index >= 15 is 0 Å². The number of nitrogens with two attached hydrogens (primary N) is 1. The van der Waals surface area contributed by atoms with Gasteiger partial charge in [0.2, 0.25) is 0 Å². The van der Waals surface area contributed by atoms with E-state index in [0.29, 0.717) is 0 Å². The van der Waals surface area contributed by atoms with Gasteiger partial charge in [-0.05, 0) is 12.1 Å². The second-order valence-electron chi connectivity index (χ2n) is 5.32. The molecule has 0 saturated carbocycles. The topological polar surface area (TPSA) is 65.6 Å². The lowest BCUT2D eigenvalue weighted by molar-refractivity contribution is 0.243. The molecule has 1 heterocycles. The number of nitrogens with zero attached hydrogens (tertiary/aromatic N) is 2. The van der Waals surface area contributed by atoms with E-state index in [1.165, 1.54) is 0 Å². The maximum atomic E-state index is 7.47. The molecule has 0 amide bonds. The van der Waals surface area contributed by atoms with E-state index in [1.807, 2.05) is 25.1 Å². The minimum Gasteiger partial charge on any atom is -0.495 e. The number of hydrogen-bond acceptors (Lipinski definition) is 4. The summed E-state index contributed by atoms with van der Waals surface area (Å²) >= 11 is 0. The Morgan fingerprint density at radius 1 is 1.30 bits per heavy atom. The molecule has 5 heteroatoms. The van der Waals surface area contributed by atoms with Crippen LogP contribution in [0.5, 0.6) is 5.75 Å². The third-order valence-corrected chi connectivity index (χ3v) is 3.86. The highest BCUT2D eigenvalue weighted by Crippen LogP contribution is 2.28. The minimum atomic E-state index is 0.132. The van der Waals surface area contributed by atoms with E-state index in [0.717, 1.165) is 44.2 Å². The number of benzene rings is 1. The smallest absolute Gasteiger partial charge is 0.142 e. The van der Waals surface area contributed by atoms with Crippen molar-refractivity contribution in [1.82, 2.24) is 4.90 Å². The zero-order valence-corrected chi connectivity index (χ0v) is 12.3. The van der Waals surface area contributed by atoms with Gasteiger partial charge in [0.05, 0.1) is 18.6 Å². The number of methoxy groups -OCH3 is 1.